The molecule has 0 aliphatic heterocycles. The lowest BCUT2D eigenvalue weighted by atomic mass is 10.0. The SMILES string of the molecule is Cc1ncccc1-c1nc(-c2ccc(C(F)(F)F)nc2)cc2c(=O)n([C@@H](C)CO)cnc12. The number of rotatable bonds is 4. The van der Waals surface area contributed by atoms with Gasteiger partial charge in [-0.1, -0.05) is 0 Å². The smallest absolute Gasteiger partial charge is 0.394 e. The van der Waals surface area contributed by atoms with E-state index in [1.807, 2.05) is 0 Å². The predicted molar refractivity (Wildman–Crippen MR) is 112 cm³/mol. The second-order valence-corrected chi connectivity index (χ2v) is 7.31. The lowest BCUT2D eigenvalue weighted by molar-refractivity contribution is -0.141. The first-order chi connectivity index (χ1) is 15.2. The van der Waals surface area contributed by atoms with Gasteiger partial charge in [0.25, 0.3) is 5.56 Å². The summed E-state index contributed by atoms with van der Waals surface area (Å²) in [6, 6.07) is 6.60. The van der Waals surface area contributed by atoms with Crippen molar-refractivity contribution in [2.45, 2.75) is 26.1 Å². The summed E-state index contributed by atoms with van der Waals surface area (Å²) in [6.07, 6.45) is -0.524. The number of hydrogen-bond donors (Lipinski definition) is 1. The zero-order chi connectivity index (χ0) is 23.0. The van der Waals surface area contributed by atoms with Gasteiger partial charge in [0.1, 0.15) is 11.2 Å². The van der Waals surface area contributed by atoms with E-state index in [4.69, 9.17) is 0 Å². The highest BCUT2D eigenvalue weighted by Gasteiger charge is 2.32. The summed E-state index contributed by atoms with van der Waals surface area (Å²) in [5, 5.41) is 9.69. The van der Waals surface area contributed by atoms with Crippen LogP contribution in [0.15, 0.2) is 53.8 Å². The van der Waals surface area contributed by atoms with E-state index < -0.39 is 23.5 Å². The normalized spacial score (nSPS) is 12.8. The Morgan fingerprint density at radius 1 is 1.16 bits per heavy atom. The molecule has 0 aromatic carbocycles. The Balaban J connectivity index is 2.01. The Morgan fingerprint density at radius 2 is 1.94 bits per heavy atom. The van der Waals surface area contributed by atoms with E-state index in [0.717, 1.165) is 12.3 Å². The minimum Gasteiger partial charge on any atom is -0.394 e. The molecule has 164 valence electrons. The second-order valence-electron chi connectivity index (χ2n) is 7.31. The first-order valence-electron chi connectivity index (χ1n) is 9.69. The van der Waals surface area contributed by atoms with E-state index in [-0.39, 0.29) is 17.7 Å². The summed E-state index contributed by atoms with van der Waals surface area (Å²) in [4.78, 5) is 29.9. The van der Waals surface area contributed by atoms with Crippen LogP contribution in [0.5, 0.6) is 0 Å². The Bertz CT molecular complexity index is 1350. The third-order valence-electron chi connectivity index (χ3n) is 5.12. The van der Waals surface area contributed by atoms with E-state index in [1.165, 1.54) is 23.0 Å². The van der Waals surface area contributed by atoms with Gasteiger partial charge in [-0.05, 0) is 44.2 Å². The van der Waals surface area contributed by atoms with Crippen molar-refractivity contribution in [3.05, 3.63) is 70.8 Å². The maximum absolute atomic E-state index is 13.2. The summed E-state index contributed by atoms with van der Waals surface area (Å²) in [5.41, 5.74) is 1.16. The fraction of sp³-hybridized carbons (Fsp3) is 0.227. The number of nitrogens with zero attached hydrogens (tertiary/aromatic N) is 5. The average Bonchev–Trinajstić information content (AvgIpc) is 2.78. The number of aliphatic hydroxyl groups is 1. The van der Waals surface area contributed by atoms with Crippen molar-refractivity contribution >= 4 is 10.9 Å². The summed E-state index contributed by atoms with van der Waals surface area (Å²) >= 11 is 0. The Morgan fingerprint density at radius 3 is 2.56 bits per heavy atom. The van der Waals surface area contributed by atoms with Crippen molar-refractivity contribution in [3.63, 3.8) is 0 Å². The molecule has 0 unspecified atom stereocenters. The van der Waals surface area contributed by atoms with Crippen LogP contribution in [0, 0.1) is 6.92 Å². The molecular formula is C22H18F3N5O2. The van der Waals surface area contributed by atoms with Gasteiger partial charge in [-0.15, -0.1) is 0 Å². The van der Waals surface area contributed by atoms with Crippen LogP contribution in [0.4, 0.5) is 13.2 Å². The van der Waals surface area contributed by atoms with Crippen molar-refractivity contribution in [1.29, 1.82) is 0 Å². The van der Waals surface area contributed by atoms with Crippen LogP contribution in [-0.2, 0) is 6.18 Å². The third-order valence-corrected chi connectivity index (χ3v) is 5.12. The lowest BCUT2D eigenvalue weighted by Gasteiger charge is -2.15. The molecule has 1 N–H and O–H groups in total. The Kier molecular flexibility index (Phi) is 5.47. The molecule has 0 aliphatic carbocycles. The van der Waals surface area contributed by atoms with E-state index in [9.17, 15) is 23.1 Å². The fourth-order valence-corrected chi connectivity index (χ4v) is 3.33. The predicted octanol–water partition coefficient (Wildman–Crippen LogP) is 3.80. The molecule has 0 aliphatic rings. The highest BCUT2D eigenvalue weighted by atomic mass is 19.4. The topological polar surface area (TPSA) is 93.8 Å². The fourth-order valence-electron chi connectivity index (χ4n) is 3.33. The first-order valence-corrected chi connectivity index (χ1v) is 9.69. The number of halogens is 3. The average molecular weight is 441 g/mol. The van der Waals surface area contributed by atoms with Crippen LogP contribution >= 0.6 is 0 Å². The minimum absolute atomic E-state index is 0.218. The number of aromatic nitrogens is 5. The van der Waals surface area contributed by atoms with E-state index in [0.29, 0.717) is 28.0 Å². The largest absolute Gasteiger partial charge is 0.433 e. The van der Waals surface area contributed by atoms with Gasteiger partial charge in [-0.3, -0.25) is 19.3 Å². The standard InChI is InChI=1S/C22H18F3N5O2/c1-12(10-31)30-11-28-19-16(21(30)32)8-17(14-5-6-18(27-9-14)22(23,24)25)29-20(19)15-4-3-7-26-13(15)2/h3-9,11-12,31H,10H2,1-2H3/t12-/m0/s1. The second kappa shape index (κ2) is 8.12. The van der Waals surface area contributed by atoms with Crippen LogP contribution in [-0.4, -0.2) is 36.2 Å². The maximum Gasteiger partial charge on any atom is 0.433 e. The highest BCUT2D eigenvalue weighted by Crippen LogP contribution is 2.32. The zero-order valence-corrected chi connectivity index (χ0v) is 17.1. The summed E-state index contributed by atoms with van der Waals surface area (Å²) < 4.78 is 40.0. The molecule has 0 radical (unpaired) electrons. The molecule has 0 fully saturated rings. The molecule has 4 aromatic heterocycles. The van der Waals surface area contributed by atoms with Crippen molar-refractivity contribution in [3.8, 4) is 22.5 Å². The van der Waals surface area contributed by atoms with E-state index in [1.54, 1.807) is 32.2 Å². The van der Waals surface area contributed by atoms with Gasteiger partial charge in [0.2, 0.25) is 0 Å². The Labute approximate surface area is 180 Å². The number of alkyl halides is 3. The van der Waals surface area contributed by atoms with Crippen LogP contribution in [0.3, 0.4) is 0 Å². The molecule has 0 saturated heterocycles. The van der Waals surface area contributed by atoms with Crippen LogP contribution < -0.4 is 5.56 Å². The van der Waals surface area contributed by atoms with Crippen LogP contribution in [0.2, 0.25) is 0 Å². The molecule has 0 spiro atoms. The molecule has 1 atom stereocenters. The molecule has 0 saturated carbocycles. The van der Waals surface area contributed by atoms with Gasteiger partial charge < -0.3 is 5.11 Å². The van der Waals surface area contributed by atoms with Crippen molar-refractivity contribution in [2.24, 2.45) is 0 Å². The van der Waals surface area contributed by atoms with Crippen molar-refractivity contribution in [1.82, 2.24) is 24.5 Å². The lowest BCUT2D eigenvalue weighted by Crippen LogP contribution is -2.26. The first kappa shape index (κ1) is 21.6. The molecule has 0 amide bonds. The van der Waals surface area contributed by atoms with E-state index in [2.05, 4.69) is 19.9 Å². The monoisotopic (exact) mass is 441 g/mol. The minimum atomic E-state index is -4.56. The van der Waals surface area contributed by atoms with Gasteiger partial charge in [0.05, 0.1) is 35.8 Å². The van der Waals surface area contributed by atoms with Crippen molar-refractivity contribution in [2.75, 3.05) is 6.61 Å². The quantitative estimate of drug-likeness (QED) is 0.518. The molecule has 0 bridgehead atoms. The third kappa shape index (κ3) is 3.84. The molecule has 10 heteroatoms. The summed E-state index contributed by atoms with van der Waals surface area (Å²) in [5.74, 6) is 0. The van der Waals surface area contributed by atoms with Gasteiger partial charge in [0.15, 0.2) is 0 Å². The summed E-state index contributed by atoms with van der Waals surface area (Å²) in [6.45, 7) is 3.19. The molecule has 4 rings (SSSR count). The molecule has 4 heterocycles. The number of fused-ring (bicyclic) bond motifs is 1. The zero-order valence-electron chi connectivity index (χ0n) is 17.1. The molecule has 7 nitrogen and oxygen atoms in total. The number of aryl methyl sites for hydroxylation is 1. The van der Waals surface area contributed by atoms with Crippen molar-refractivity contribution < 1.29 is 18.3 Å². The van der Waals surface area contributed by atoms with Crippen LogP contribution in [0.25, 0.3) is 33.4 Å². The highest BCUT2D eigenvalue weighted by molar-refractivity contribution is 5.93. The summed E-state index contributed by atoms with van der Waals surface area (Å²) in [7, 11) is 0. The van der Waals surface area contributed by atoms with E-state index >= 15 is 0 Å². The Hall–Kier alpha value is -3.66. The molecular weight excluding hydrogens is 423 g/mol. The number of hydrogen-bond acceptors (Lipinski definition) is 6. The molecule has 32 heavy (non-hydrogen) atoms. The van der Waals surface area contributed by atoms with Gasteiger partial charge in [-0.2, -0.15) is 13.2 Å². The molecule has 4 aromatic rings. The number of aliphatic hydroxyl groups excluding tert-OH is 1. The van der Waals surface area contributed by atoms with Gasteiger partial charge in [-0.25, -0.2) is 9.97 Å². The van der Waals surface area contributed by atoms with Crippen LogP contribution in [0.1, 0.15) is 24.4 Å². The van der Waals surface area contributed by atoms with Gasteiger partial charge in [0, 0.05) is 29.2 Å². The number of pyridine rings is 3. The maximum atomic E-state index is 13.2. The van der Waals surface area contributed by atoms with Gasteiger partial charge >= 0.3 is 6.18 Å².